The fourth-order valence-corrected chi connectivity index (χ4v) is 1.55. The van der Waals surface area contributed by atoms with Crippen molar-refractivity contribution in [3.05, 3.63) is 30.1 Å². The van der Waals surface area contributed by atoms with E-state index >= 15 is 0 Å². The Morgan fingerprint density at radius 1 is 1.47 bits per heavy atom. The van der Waals surface area contributed by atoms with Crippen LogP contribution in [0.15, 0.2) is 29.5 Å². The van der Waals surface area contributed by atoms with E-state index in [9.17, 15) is 4.79 Å². The van der Waals surface area contributed by atoms with E-state index in [1.165, 1.54) is 0 Å². The summed E-state index contributed by atoms with van der Waals surface area (Å²) < 4.78 is 0. The molecule has 1 aliphatic rings. The lowest BCUT2D eigenvalue weighted by molar-refractivity contribution is -0.123. The van der Waals surface area contributed by atoms with Gasteiger partial charge in [-0.3, -0.25) is 14.8 Å². The average molecular weight is 226 g/mol. The van der Waals surface area contributed by atoms with E-state index in [0.717, 1.165) is 5.56 Å². The van der Waals surface area contributed by atoms with Gasteiger partial charge in [-0.15, -0.1) is 12.4 Å². The minimum atomic E-state index is -0.807. The standard InChI is InChI=1S/C10H11N3O.ClH/c1-7-12-9(14)10(2,13-7)8-4-3-5-11-6-8;/h3-6H,1-2H3,(H,12,13,14);1H. The molecule has 0 bridgehead atoms. The third kappa shape index (κ3) is 1.85. The first-order valence-electron chi connectivity index (χ1n) is 4.41. The molecule has 0 radical (unpaired) electrons. The normalized spacial score (nSPS) is 24.1. The maximum absolute atomic E-state index is 11.7. The van der Waals surface area contributed by atoms with Crippen molar-refractivity contribution in [3.8, 4) is 0 Å². The molecule has 2 rings (SSSR count). The molecule has 1 amide bonds. The number of rotatable bonds is 1. The van der Waals surface area contributed by atoms with Crippen molar-refractivity contribution in [2.45, 2.75) is 19.4 Å². The number of hydrogen-bond donors (Lipinski definition) is 1. The first kappa shape index (κ1) is 11.7. The third-order valence-corrected chi connectivity index (χ3v) is 2.35. The number of hydrogen-bond acceptors (Lipinski definition) is 3. The summed E-state index contributed by atoms with van der Waals surface area (Å²) in [5.41, 5.74) is 0.00701. The molecule has 5 heteroatoms. The fraction of sp³-hybridized carbons (Fsp3) is 0.300. The molecule has 0 aliphatic carbocycles. The van der Waals surface area contributed by atoms with Crippen molar-refractivity contribution in [2.24, 2.45) is 4.99 Å². The first-order chi connectivity index (χ1) is 6.63. The highest BCUT2D eigenvalue weighted by molar-refractivity contribution is 6.07. The van der Waals surface area contributed by atoms with Crippen LogP contribution in [-0.4, -0.2) is 16.7 Å². The summed E-state index contributed by atoms with van der Waals surface area (Å²) in [6, 6.07) is 3.66. The number of aromatic nitrogens is 1. The Balaban J connectivity index is 0.00000112. The Labute approximate surface area is 94.2 Å². The minimum Gasteiger partial charge on any atom is -0.312 e. The van der Waals surface area contributed by atoms with Crippen molar-refractivity contribution in [2.75, 3.05) is 0 Å². The van der Waals surface area contributed by atoms with Crippen LogP contribution in [0.3, 0.4) is 0 Å². The molecular formula is C10H12ClN3O. The zero-order valence-corrected chi connectivity index (χ0v) is 9.34. The number of nitrogens with zero attached hydrogens (tertiary/aromatic N) is 2. The molecule has 1 aromatic rings. The van der Waals surface area contributed by atoms with Gasteiger partial charge in [-0.1, -0.05) is 6.07 Å². The van der Waals surface area contributed by atoms with Gasteiger partial charge in [0.05, 0.1) is 0 Å². The highest BCUT2D eigenvalue weighted by atomic mass is 35.5. The third-order valence-electron chi connectivity index (χ3n) is 2.35. The quantitative estimate of drug-likeness (QED) is 0.783. The molecule has 0 spiro atoms. The summed E-state index contributed by atoms with van der Waals surface area (Å²) in [6.45, 7) is 3.56. The van der Waals surface area contributed by atoms with Gasteiger partial charge in [0, 0.05) is 18.0 Å². The van der Waals surface area contributed by atoms with Crippen molar-refractivity contribution in [1.29, 1.82) is 0 Å². The van der Waals surface area contributed by atoms with E-state index in [0.29, 0.717) is 5.84 Å². The lowest BCUT2D eigenvalue weighted by atomic mass is 9.94. The Morgan fingerprint density at radius 2 is 2.20 bits per heavy atom. The SMILES string of the molecule is CC1=NC(C)(c2cccnc2)C(=O)N1.Cl. The van der Waals surface area contributed by atoms with Crippen LogP contribution in [0.1, 0.15) is 19.4 Å². The smallest absolute Gasteiger partial charge is 0.257 e. The number of halogens is 1. The predicted octanol–water partition coefficient (Wildman–Crippen LogP) is 1.27. The monoisotopic (exact) mass is 225 g/mol. The lowest BCUT2D eigenvalue weighted by Gasteiger charge is -2.17. The van der Waals surface area contributed by atoms with Crippen LogP contribution in [0, 0.1) is 0 Å². The van der Waals surface area contributed by atoms with Crippen molar-refractivity contribution in [3.63, 3.8) is 0 Å². The number of amidine groups is 1. The Kier molecular flexibility index (Phi) is 3.09. The van der Waals surface area contributed by atoms with Crippen LogP contribution in [0.4, 0.5) is 0 Å². The van der Waals surface area contributed by atoms with Crippen molar-refractivity contribution >= 4 is 24.1 Å². The molecule has 0 fully saturated rings. The summed E-state index contributed by atoms with van der Waals surface area (Å²) in [4.78, 5) is 19.9. The number of carbonyl (C=O) groups excluding carboxylic acids is 1. The highest BCUT2D eigenvalue weighted by Crippen LogP contribution is 2.28. The number of nitrogens with one attached hydrogen (secondary N) is 1. The highest BCUT2D eigenvalue weighted by Gasteiger charge is 2.39. The van der Waals surface area contributed by atoms with E-state index in [4.69, 9.17) is 0 Å². The first-order valence-corrected chi connectivity index (χ1v) is 4.41. The van der Waals surface area contributed by atoms with Crippen LogP contribution < -0.4 is 5.32 Å². The fourth-order valence-electron chi connectivity index (χ4n) is 1.55. The molecule has 1 aliphatic heterocycles. The molecule has 80 valence electrons. The molecule has 2 heterocycles. The van der Waals surface area contributed by atoms with E-state index in [2.05, 4.69) is 15.3 Å². The van der Waals surface area contributed by atoms with Crippen molar-refractivity contribution in [1.82, 2.24) is 10.3 Å². The minimum absolute atomic E-state index is 0. The number of aliphatic imine (C=N–C) groups is 1. The second-order valence-corrected chi connectivity index (χ2v) is 3.47. The van der Waals surface area contributed by atoms with E-state index in [1.54, 1.807) is 32.3 Å². The molecule has 1 aromatic heterocycles. The number of carbonyl (C=O) groups is 1. The average Bonchev–Trinajstić information content (AvgIpc) is 2.43. The van der Waals surface area contributed by atoms with Gasteiger partial charge in [0.25, 0.3) is 5.91 Å². The van der Waals surface area contributed by atoms with E-state index in [1.807, 2.05) is 6.07 Å². The molecule has 1 unspecified atom stereocenters. The molecule has 0 saturated carbocycles. The number of amides is 1. The van der Waals surface area contributed by atoms with Crippen LogP contribution in [-0.2, 0) is 10.3 Å². The molecule has 1 N–H and O–H groups in total. The second kappa shape index (κ2) is 3.98. The maximum Gasteiger partial charge on any atom is 0.257 e. The van der Waals surface area contributed by atoms with Crippen LogP contribution >= 0.6 is 12.4 Å². The Bertz CT molecular complexity index is 404. The van der Waals surface area contributed by atoms with Crippen LogP contribution in [0.5, 0.6) is 0 Å². The van der Waals surface area contributed by atoms with Gasteiger partial charge in [0.15, 0.2) is 5.54 Å². The molecule has 0 aromatic carbocycles. The zero-order valence-electron chi connectivity index (χ0n) is 8.52. The summed E-state index contributed by atoms with van der Waals surface area (Å²) in [5.74, 6) is 0.560. The van der Waals surface area contributed by atoms with Crippen molar-refractivity contribution < 1.29 is 4.79 Å². The van der Waals surface area contributed by atoms with Gasteiger partial charge in [-0.25, -0.2) is 0 Å². The molecule has 4 nitrogen and oxygen atoms in total. The number of pyridine rings is 1. The van der Waals surface area contributed by atoms with Gasteiger partial charge in [0.2, 0.25) is 0 Å². The topological polar surface area (TPSA) is 54.4 Å². The maximum atomic E-state index is 11.7. The van der Waals surface area contributed by atoms with Crippen LogP contribution in [0.2, 0.25) is 0 Å². The predicted molar refractivity (Wildman–Crippen MR) is 60.1 cm³/mol. The van der Waals surface area contributed by atoms with Gasteiger partial charge in [0.1, 0.15) is 5.84 Å². The molecule has 15 heavy (non-hydrogen) atoms. The molecule has 1 atom stereocenters. The summed E-state index contributed by atoms with van der Waals surface area (Å²) >= 11 is 0. The summed E-state index contributed by atoms with van der Waals surface area (Å²) in [7, 11) is 0. The molecule has 0 saturated heterocycles. The van der Waals surface area contributed by atoms with Gasteiger partial charge in [-0.2, -0.15) is 0 Å². The Hall–Kier alpha value is -1.42. The van der Waals surface area contributed by atoms with Gasteiger partial charge < -0.3 is 5.32 Å². The second-order valence-electron chi connectivity index (χ2n) is 3.47. The summed E-state index contributed by atoms with van der Waals surface area (Å²) in [6.07, 6.45) is 3.35. The largest absolute Gasteiger partial charge is 0.312 e. The lowest BCUT2D eigenvalue weighted by Crippen LogP contribution is -2.34. The molecular weight excluding hydrogens is 214 g/mol. The summed E-state index contributed by atoms with van der Waals surface area (Å²) in [5, 5.41) is 2.69. The van der Waals surface area contributed by atoms with Crippen LogP contribution in [0.25, 0.3) is 0 Å². The van der Waals surface area contributed by atoms with Gasteiger partial charge in [-0.05, 0) is 19.9 Å². The van der Waals surface area contributed by atoms with E-state index < -0.39 is 5.54 Å². The van der Waals surface area contributed by atoms with E-state index in [-0.39, 0.29) is 18.3 Å². The van der Waals surface area contributed by atoms with Gasteiger partial charge >= 0.3 is 0 Å². The Morgan fingerprint density at radius 3 is 2.67 bits per heavy atom. The zero-order chi connectivity index (χ0) is 10.2.